The third-order valence-electron chi connectivity index (χ3n) is 2.53. The fraction of sp³-hybridized carbons (Fsp3) is 0.600. The summed E-state index contributed by atoms with van der Waals surface area (Å²) < 4.78 is 1.61. The monoisotopic (exact) mass is 240 g/mol. The highest BCUT2D eigenvalue weighted by molar-refractivity contribution is 7.98. The number of carbonyl (C=O) groups excluding carboxylic acids is 1. The summed E-state index contributed by atoms with van der Waals surface area (Å²) in [5.74, 6) is 2.44. The molecule has 1 aliphatic heterocycles. The first-order valence-corrected chi connectivity index (χ1v) is 6.56. The van der Waals surface area contributed by atoms with E-state index >= 15 is 0 Å². The third-order valence-corrected chi connectivity index (χ3v) is 3.50. The molecule has 0 saturated carbocycles. The fourth-order valence-electron chi connectivity index (χ4n) is 1.66. The van der Waals surface area contributed by atoms with E-state index in [9.17, 15) is 4.79 Å². The van der Waals surface area contributed by atoms with Crippen LogP contribution in [0.4, 0.5) is 5.82 Å². The Balaban J connectivity index is 2.02. The molecule has 1 amide bonds. The van der Waals surface area contributed by atoms with Crippen LogP contribution in [-0.4, -0.2) is 22.2 Å². The van der Waals surface area contributed by atoms with Gasteiger partial charge in [0.1, 0.15) is 12.4 Å². The number of fused-ring (bicyclic) bond motifs is 1. The van der Waals surface area contributed by atoms with Crippen molar-refractivity contribution < 1.29 is 4.79 Å². The third kappa shape index (κ3) is 2.16. The molecule has 2 rings (SSSR count). The normalized spacial score (nSPS) is 13.8. The Morgan fingerprint density at radius 1 is 1.62 bits per heavy atom. The van der Waals surface area contributed by atoms with Crippen LogP contribution in [0.1, 0.15) is 24.6 Å². The molecule has 1 aromatic rings. The Morgan fingerprint density at radius 2 is 2.44 bits per heavy atom. The molecule has 2 heterocycles. The maximum Gasteiger partial charge on any atom is 0.241 e. The van der Waals surface area contributed by atoms with Gasteiger partial charge in [-0.2, -0.15) is 16.9 Å². The molecule has 0 aliphatic carbocycles. The highest BCUT2D eigenvalue weighted by Gasteiger charge is 2.21. The maximum absolute atomic E-state index is 11.5. The van der Waals surface area contributed by atoms with Crippen LogP contribution in [0.15, 0.2) is 0 Å². The number of nitrogen functional groups attached to an aromatic ring is 1. The van der Waals surface area contributed by atoms with Gasteiger partial charge in [-0.05, 0) is 6.42 Å². The molecule has 1 aromatic heterocycles. The quantitative estimate of drug-likeness (QED) is 0.814. The number of hydrogen-bond acceptors (Lipinski definition) is 4. The number of hydrogen-bond donors (Lipinski definition) is 2. The molecule has 5 nitrogen and oxygen atoms in total. The van der Waals surface area contributed by atoms with Gasteiger partial charge in [0.2, 0.25) is 5.91 Å². The summed E-state index contributed by atoms with van der Waals surface area (Å²) in [6, 6.07) is 0. The molecule has 16 heavy (non-hydrogen) atoms. The van der Waals surface area contributed by atoms with Crippen LogP contribution in [0, 0.1) is 0 Å². The number of thioether (sulfide) groups is 1. The first-order valence-electron chi connectivity index (χ1n) is 5.40. The van der Waals surface area contributed by atoms with E-state index in [1.54, 1.807) is 4.68 Å². The van der Waals surface area contributed by atoms with E-state index < -0.39 is 0 Å². The Bertz CT molecular complexity index is 402. The average Bonchev–Trinajstić information content (AvgIpc) is 2.81. The second kappa shape index (κ2) is 4.78. The lowest BCUT2D eigenvalue weighted by molar-refractivity contribution is -0.121. The van der Waals surface area contributed by atoms with E-state index in [0.29, 0.717) is 12.4 Å². The van der Waals surface area contributed by atoms with Crippen molar-refractivity contribution in [1.82, 2.24) is 15.1 Å². The lowest BCUT2D eigenvalue weighted by Gasteiger charge is -2.06. The minimum atomic E-state index is -0.0256. The van der Waals surface area contributed by atoms with Crippen molar-refractivity contribution in [2.45, 2.75) is 31.4 Å². The lowest BCUT2D eigenvalue weighted by Crippen LogP contribution is -2.29. The van der Waals surface area contributed by atoms with E-state index in [4.69, 9.17) is 5.73 Å². The summed E-state index contributed by atoms with van der Waals surface area (Å²) in [5.41, 5.74) is 8.08. The number of rotatable bonds is 4. The first-order chi connectivity index (χ1) is 7.72. The molecule has 1 aliphatic rings. The zero-order chi connectivity index (χ0) is 11.5. The van der Waals surface area contributed by atoms with Gasteiger partial charge in [0.25, 0.3) is 0 Å². The van der Waals surface area contributed by atoms with Gasteiger partial charge in [-0.1, -0.05) is 6.92 Å². The van der Waals surface area contributed by atoms with Gasteiger partial charge in [0.05, 0.1) is 5.69 Å². The summed E-state index contributed by atoms with van der Waals surface area (Å²) in [6.07, 6.45) is 0.938. The summed E-state index contributed by atoms with van der Waals surface area (Å²) >= 11 is 1.81. The predicted molar refractivity (Wildman–Crippen MR) is 64.9 cm³/mol. The molecule has 0 saturated heterocycles. The molecule has 0 radical (unpaired) electrons. The summed E-state index contributed by atoms with van der Waals surface area (Å²) in [5, 5.41) is 7.16. The van der Waals surface area contributed by atoms with E-state index in [1.165, 1.54) is 0 Å². The molecule has 0 bridgehead atoms. The number of nitrogens with two attached hydrogens (primary N) is 1. The lowest BCUT2D eigenvalue weighted by atomic mass is 10.3. The number of anilines is 1. The molecule has 88 valence electrons. The van der Waals surface area contributed by atoms with Crippen molar-refractivity contribution >= 4 is 23.5 Å². The number of aromatic nitrogens is 2. The van der Waals surface area contributed by atoms with Crippen LogP contribution in [0.3, 0.4) is 0 Å². The molecule has 0 aromatic carbocycles. The SMILES string of the molecule is CCCNC(=O)Cn1nc2c(c1N)CSC2. The zero-order valence-corrected chi connectivity index (χ0v) is 10.1. The molecule has 6 heteroatoms. The summed E-state index contributed by atoms with van der Waals surface area (Å²) in [7, 11) is 0. The van der Waals surface area contributed by atoms with Crippen molar-refractivity contribution in [3.63, 3.8) is 0 Å². The second-order valence-electron chi connectivity index (χ2n) is 3.81. The van der Waals surface area contributed by atoms with Gasteiger partial charge in [-0.15, -0.1) is 0 Å². The predicted octanol–water partition coefficient (Wildman–Crippen LogP) is 0.738. The van der Waals surface area contributed by atoms with Crippen LogP contribution in [0.2, 0.25) is 0 Å². The number of nitrogens with one attached hydrogen (secondary N) is 1. The highest BCUT2D eigenvalue weighted by atomic mass is 32.2. The largest absolute Gasteiger partial charge is 0.384 e. The van der Waals surface area contributed by atoms with Crippen molar-refractivity contribution in [1.29, 1.82) is 0 Å². The Morgan fingerprint density at radius 3 is 3.12 bits per heavy atom. The van der Waals surface area contributed by atoms with Crippen LogP contribution in [0.5, 0.6) is 0 Å². The standard InChI is InChI=1S/C10H16N4OS/c1-2-3-12-9(15)4-14-10(11)7-5-16-6-8(7)13-14/h2-6,11H2,1H3,(H,12,15). The molecule has 0 unspecified atom stereocenters. The van der Waals surface area contributed by atoms with E-state index in [-0.39, 0.29) is 12.5 Å². The average molecular weight is 240 g/mol. The van der Waals surface area contributed by atoms with Gasteiger partial charge in [-0.3, -0.25) is 4.79 Å². The molecular formula is C10H16N4OS. The number of nitrogens with zero attached hydrogens (tertiary/aromatic N) is 2. The summed E-state index contributed by atoms with van der Waals surface area (Å²) in [4.78, 5) is 11.5. The Hall–Kier alpha value is -1.17. The topological polar surface area (TPSA) is 72.9 Å². The minimum Gasteiger partial charge on any atom is -0.384 e. The Kier molecular flexibility index (Phi) is 3.38. The molecule has 3 N–H and O–H groups in total. The van der Waals surface area contributed by atoms with E-state index in [0.717, 1.165) is 29.2 Å². The second-order valence-corrected chi connectivity index (χ2v) is 4.80. The smallest absolute Gasteiger partial charge is 0.241 e. The molecule has 0 spiro atoms. The fourth-order valence-corrected chi connectivity index (χ4v) is 2.71. The number of amides is 1. The van der Waals surface area contributed by atoms with Gasteiger partial charge in [-0.25, -0.2) is 4.68 Å². The van der Waals surface area contributed by atoms with Gasteiger partial charge in [0, 0.05) is 23.6 Å². The number of carbonyl (C=O) groups is 1. The van der Waals surface area contributed by atoms with Crippen molar-refractivity contribution in [3.8, 4) is 0 Å². The van der Waals surface area contributed by atoms with E-state index in [1.807, 2.05) is 18.7 Å². The summed E-state index contributed by atoms with van der Waals surface area (Å²) in [6.45, 7) is 2.95. The van der Waals surface area contributed by atoms with Crippen LogP contribution in [0.25, 0.3) is 0 Å². The van der Waals surface area contributed by atoms with Gasteiger partial charge < -0.3 is 11.1 Å². The van der Waals surface area contributed by atoms with Crippen molar-refractivity contribution in [3.05, 3.63) is 11.3 Å². The molecule has 0 atom stereocenters. The minimum absolute atomic E-state index is 0.0256. The highest BCUT2D eigenvalue weighted by Crippen LogP contribution is 2.32. The van der Waals surface area contributed by atoms with Gasteiger partial charge in [0.15, 0.2) is 0 Å². The van der Waals surface area contributed by atoms with Crippen LogP contribution >= 0.6 is 11.8 Å². The van der Waals surface area contributed by atoms with Gasteiger partial charge >= 0.3 is 0 Å². The zero-order valence-electron chi connectivity index (χ0n) is 9.32. The van der Waals surface area contributed by atoms with Crippen LogP contribution in [-0.2, 0) is 22.8 Å². The Labute approximate surface area is 98.8 Å². The van der Waals surface area contributed by atoms with Crippen molar-refractivity contribution in [2.75, 3.05) is 12.3 Å². The van der Waals surface area contributed by atoms with Crippen molar-refractivity contribution in [2.24, 2.45) is 0 Å². The van der Waals surface area contributed by atoms with E-state index in [2.05, 4.69) is 10.4 Å². The van der Waals surface area contributed by atoms with Crippen LogP contribution < -0.4 is 11.1 Å². The maximum atomic E-state index is 11.5. The first kappa shape index (κ1) is 11.3. The molecule has 0 fully saturated rings. The molecular weight excluding hydrogens is 224 g/mol.